The second kappa shape index (κ2) is 8.68. The van der Waals surface area contributed by atoms with Crippen molar-refractivity contribution in [2.45, 2.75) is 38.0 Å². The highest BCUT2D eigenvalue weighted by Crippen LogP contribution is 2.15. The maximum atomic E-state index is 12.3. The Kier molecular flexibility index (Phi) is 7.24. The van der Waals surface area contributed by atoms with Gasteiger partial charge in [-0.05, 0) is 43.0 Å². The Bertz CT molecular complexity index is 658. The summed E-state index contributed by atoms with van der Waals surface area (Å²) in [5, 5.41) is 8.47. The highest BCUT2D eigenvalue weighted by molar-refractivity contribution is 7.91. The van der Waals surface area contributed by atoms with E-state index in [4.69, 9.17) is 5.26 Å². The van der Waals surface area contributed by atoms with Crippen LogP contribution >= 0.6 is 0 Å². The number of carbonyl (C=O) groups is 1. The van der Waals surface area contributed by atoms with E-state index in [0.717, 1.165) is 6.42 Å². The molecule has 0 heterocycles. The molecule has 0 aliphatic heterocycles. The molecular formula is C17H24N2O3S. The van der Waals surface area contributed by atoms with E-state index >= 15 is 0 Å². The van der Waals surface area contributed by atoms with Gasteiger partial charge in [0.25, 0.3) is 5.91 Å². The van der Waals surface area contributed by atoms with E-state index < -0.39 is 9.84 Å². The lowest BCUT2D eigenvalue weighted by Gasteiger charge is -2.18. The third kappa shape index (κ3) is 6.03. The van der Waals surface area contributed by atoms with Crippen molar-refractivity contribution in [3.63, 3.8) is 0 Å². The molecule has 126 valence electrons. The number of nitrogens with zero attached hydrogens (tertiary/aromatic N) is 2. The van der Waals surface area contributed by atoms with Crippen LogP contribution < -0.4 is 0 Å². The van der Waals surface area contributed by atoms with Crippen molar-refractivity contribution in [2.24, 2.45) is 5.92 Å². The molecule has 23 heavy (non-hydrogen) atoms. The summed E-state index contributed by atoms with van der Waals surface area (Å²) in [7, 11) is -1.65. The molecule has 1 aromatic rings. The molecule has 1 amide bonds. The summed E-state index contributed by atoms with van der Waals surface area (Å²) in [6.07, 6.45) is 1.46. The summed E-state index contributed by atoms with van der Waals surface area (Å²) in [5.41, 5.74) is 0.479. The summed E-state index contributed by atoms with van der Waals surface area (Å²) in [5.74, 6) is 0.354. The second-order valence-corrected chi connectivity index (χ2v) is 8.12. The van der Waals surface area contributed by atoms with Gasteiger partial charge in [0, 0.05) is 25.6 Å². The van der Waals surface area contributed by atoms with Crippen LogP contribution in [0, 0.1) is 17.2 Å². The molecule has 0 radical (unpaired) electrons. The van der Waals surface area contributed by atoms with Gasteiger partial charge in [0.15, 0.2) is 9.84 Å². The topological polar surface area (TPSA) is 78.2 Å². The number of unbranched alkanes of at least 4 members (excludes halogenated alkanes) is 1. The van der Waals surface area contributed by atoms with Gasteiger partial charge in [-0.2, -0.15) is 5.26 Å². The van der Waals surface area contributed by atoms with Crippen molar-refractivity contribution in [3.05, 3.63) is 29.8 Å². The number of hydrogen-bond acceptors (Lipinski definition) is 4. The zero-order valence-corrected chi connectivity index (χ0v) is 14.8. The van der Waals surface area contributed by atoms with Crippen LogP contribution in [0.15, 0.2) is 29.2 Å². The fraction of sp³-hybridized carbons (Fsp3) is 0.529. The van der Waals surface area contributed by atoms with Crippen molar-refractivity contribution in [3.8, 4) is 6.07 Å². The fourth-order valence-corrected chi connectivity index (χ4v) is 3.35. The Morgan fingerprint density at radius 3 is 2.39 bits per heavy atom. The van der Waals surface area contributed by atoms with E-state index in [-0.39, 0.29) is 23.0 Å². The predicted molar refractivity (Wildman–Crippen MR) is 89.8 cm³/mol. The number of carbonyl (C=O) groups excluding carboxylic acids is 1. The molecule has 0 aromatic heterocycles. The number of sulfone groups is 1. The van der Waals surface area contributed by atoms with Crippen LogP contribution in [-0.2, 0) is 9.84 Å². The smallest absolute Gasteiger partial charge is 0.253 e. The van der Waals surface area contributed by atoms with Gasteiger partial charge in [-0.15, -0.1) is 0 Å². The lowest BCUT2D eigenvalue weighted by atomic mass is 10.1. The molecule has 0 N–H and O–H groups in total. The molecule has 1 rings (SSSR count). The van der Waals surface area contributed by atoms with Crippen molar-refractivity contribution < 1.29 is 13.2 Å². The number of rotatable bonds is 8. The third-order valence-corrected chi connectivity index (χ3v) is 5.37. The Balaban J connectivity index is 2.76. The van der Waals surface area contributed by atoms with Crippen LogP contribution in [0.3, 0.4) is 0 Å². The molecule has 6 heteroatoms. The minimum absolute atomic E-state index is 0.0534. The summed E-state index contributed by atoms with van der Waals surface area (Å²) >= 11 is 0. The third-order valence-electron chi connectivity index (χ3n) is 3.55. The number of amides is 1. The van der Waals surface area contributed by atoms with E-state index in [0.29, 0.717) is 24.4 Å². The normalized spacial score (nSPS) is 11.3. The first kappa shape index (κ1) is 19.2. The van der Waals surface area contributed by atoms with Crippen LogP contribution in [0.2, 0.25) is 0 Å². The molecule has 1 aromatic carbocycles. The Labute approximate surface area is 138 Å². The Hall–Kier alpha value is -1.87. The van der Waals surface area contributed by atoms with Gasteiger partial charge in [-0.3, -0.25) is 4.79 Å². The zero-order chi connectivity index (χ0) is 17.5. The standard InChI is InChI=1S/C17H24N2O3S/c1-14(2)10-12-19(3)17(20)15-6-8-16(9-7-15)23(21,22)13-5-4-11-18/h6-9,14H,4-5,10,12-13H2,1-3H3. The highest BCUT2D eigenvalue weighted by atomic mass is 32.2. The number of benzene rings is 1. The lowest BCUT2D eigenvalue weighted by molar-refractivity contribution is 0.0789. The fourth-order valence-electron chi connectivity index (χ4n) is 2.04. The SMILES string of the molecule is CC(C)CCN(C)C(=O)c1ccc(S(=O)(=O)CCCC#N)cc1. The predicted octanol–water partition coefficient (Wildman–Crippen LogP) is 2.88. The quantitative estimate of drug-likeness (QED) is 0.684. The maximum absolute atomic E-state index is 12.3. The number of hydrogen-bond donors (Lipinski definition) is 0. The van der Waals surface area contributed by atoms with Gasteiger partial charge in [0.05, 0.1) is 16.7 Å². The van der Waals surface area contributed by atoms with Crippen LogP contribution in [0.5, 0.6) is 0 Å². The first-order chi connectivity index (χ1) is 10.8. The summed E-state index contributed by atoms with van der Waals surface area (Å²) in [6, 6.07) is 7.95. The van der Waals surface area contributed by atoms with E-state index in [2.05, 4.69) is 13.8 Å². The Morgan fingerprint density at radius 1 is 1.26 bits per heavy atom. The molecular weight excluding hydrogens is 312 g/mol. The highest BCUT2D eigenvalue weighted by Gasteiger charge is 2.16. The number of nitriles is 1. The van der Waals surface area contributed by atoms with Crippen LogP contribution in [0.4, 0.5) is 0 Å². The zero-order valence-electron chi connectivity index (χ0n) is 13.9. The largest absolute Gasteiger partial charge is 0.342 e. The minimum Gasteiger partial charge on any atom is -0.342 e. The molecule has 5 nitrogen and oxygen atoms in total. The van der Waals surface area contributed by atoms with Crippen molar-refractivity contribution >= 4 is 15.7 Å². The molecule has 0 saturated carbocycles. The molecule has 0 unspecified atom stereocenters. The van der Waals surface area contributed by atoms with Gasteiger partial charge in [0.2, 0.25) is 0 Å². The monoisotopic (exact) mass is 336 g/mol. The average molecular weight is 336 g/mol. The van der Waals surface area contributed by atoms with Crippen LogP contribution in [0.25, 0.3) is 0 Å². The second-order valence-electron chi connectivity index (χ2n) is 6.01. The molecule has 0 saturated heterocycles. The van der Waals surface area contributed by atoms with Crippen molar-refractivity contribution in [1.29, 1.82) is 5.26 Å². The first-order valence-corrected chi connectivity index (χ1v) is 9.38. The molecule has 0 spiro atoms. The van der Waals surface area contributed by atoms with Gasteiger partial charge in [-0.25, -0.2) is 8.42 Å². The lowest BCUT2D eigenvalue weighted by Crippen LogP contribution is -2.28. The average Bonchev–Trinajstić information content (AvgIpc) is 2.52. The Morgan fingerprint density at radius 2 is 1.87 bits per heavy atom. The van der Waals surface area contributed by atoms with E-state index in [1.165, 1.54) is 12.1 Å². The molecule has 0 atom stereocenters. The van der Waals surface area contributed by atoms with Crippen LogP contribution in [-0.4, -0.2) is 38.6 Å². The molecule has 0 fully saturated rings. The minimum atomic E-state index is -3.39. The van der Waals surface area contributed by atoms with E-state index in [1.807, 2.05) is 6.07 Å². The van der Waals surface area contributed by atoms with Gasteiger partial charge >= 0.3 is 0 Å². The van der Waals surface area contributed by atoms with Crippen LogP contribution in [0.1, 0.15) is 43.5 Å². The maximum Gasteiger partial charge on any atom is 0.253 e. The molecule has 0 aliphatic carbocycles. The van der Waals surface area contributed by atoms with Gasteiger partial charge in [0.1, 0.15) is 0 Å². The summed E-state index contributed by atoms with van der Waals surface area (Å²) < 4.78 is 24.2. The van der Waals surface area contributed by atoms with Crippen molar-refractivity contribution in [1.82, 2.24) is 4.90 Å². The van der Waals surface area contributed by atoms with E-state index in [1.54, 1.807) is 24.1 Å². The van der Waals surface area contributed by atoms with Crippen molar-refractivity contribution in [2.75, 3.05) is 19.3 Å². The molecule has 0 bridgehead atoms. The summed E-state index contributed by atoms with van der Waals surface area (Å²) in [6.45, 7) is 4.87. The van der Waals surface area contributed by atoms with E-state index in [9.17, 15) is 13.2 Å². The van der Waals surface area contributed by atoms with Gasteiger partial charge < -0.3 is 4.90 Å². The van der Waals surface area contributed by atoms with Gasteiger partial charge in [-0.1, -0.05) is 13.8 Å². The summed E-state index contributed by atoms with van der Waals surface area (Å²) in [4.78, 5) is 14.1. The molecule has 0 aliphatic rings. The first-order valence-electron chi connectivity index (χ1n) is 7.73.